The van der Waals surface area contributed by atoms with Crippen LogP contribution in [-0.2, 0) is 11.2 Å². The third kappa shape index (κ3) is 4.52. The minimum absolute atomic E-state index is 0.0653. The number of carbonyl (C=O) groups excluding carboxylic acids is 1. The van der Waals surface area contributed by atoms with Crippen molar-refractivity contribution in [1.29, 1.82) is 0 Å². The highest BCUT2D eigenvalue weighted by Crippen LogP contribution is 2.31. The predicted octanol–water partition coefficient (Wildman–Crippen LogP) is 4.09. The van der Waals surface area contributed by atoms with Gasteiger partial charge in [0.25, 0.3) is 0 Å². The molecule has 0 fully saturated rings. The number of ether oxygens (including phenoxy) is 2. The highest BCUT2D eigenvalue weighted by molar-refractivity contribution is 7.10. The van der Waals surface area contributed by atoms with Gasteiger partial charge in [-0.05, 0) is 35.7 Å². The minimum Gasteiger partial charge on any atom is -0.497 e. The topological polar surface area (TPSA) is 72.5 Å². The first-order valence-corrected chi connectivity index (χ1v) is 8.83. The minimum atomic E-state index is -0.0653. The zero-order chi connectivity index (χ0) is 18.4. The van der Waals surface area contributed by atoms with Gasteiger partial charge in [-0.2, -0.15) is 0 Å². The molecule has 2 N–H and O–H groups in total. The van der Waals surface area contributed by atoms with Gasteiger partial charge in [0.05, 0.1) is 38.2 Å². The lowest BCUT2D eigenvalue weighted by atomic mass is 10.2. The molecule has 0 radical (unpaired) electrons. The second-order valence-corrected chi connectivity index (χ2v) is 6.46. The molecule has 6 nitrogen and oxygen atoms in total. The Balaban J connectivity index is 1.65. The van der Waals surface area contributed by atoms with Crippen molar-refractivity contribution in [2.45, 2.75) is 6.42 Å². The predicted molar refractivity (Wildman–Crippen MR) is 104 cm³/mol. The molecule has 0 spiro atoms. The average molecular weight is 369 g/mol. The maximum Gasteiger partial charge on any atom is 0.229 e. The van der Waals surface area contributed by atoms with E-state index in [1.165, 1.54) is 0 Å². The summed E-state index contributed by atoms with van der Waals surface area (Å²) in [7, 11) is 3.21. The Kier molecular flexibility index (Phi) is 5.70. The van der Waals surface area contributed by atoms with Crippen molar-refractivity contribution < 1.29 is 14.3 Å². The molecule has 26 heavy (non-hydrogen) atoms. The van der Waals surface area contributed by atoms with Crippen LogP contribution in [-0.4, -0.2) is 25.1 Å². The van der Waals surface area contributed by atoms with E-state index in [1.807, 2.05) is 35.7 Å². The van der Waals surface area contributed by atoms with Crippen molar-refractivity contribution in [2.75, 3.05) is 24.9 Å². The van der Waals surface area contributed by atoms with E-state index in [-0.39, 0.29) is 5.91 Å². The van der Waals surface area contributed by atoms with Gasteiger partial charge in [-0.15, -0.1) is 11.3 Å². The molecular formula is C19H19N3O3S. The number of anilines is 3. The Morgan fingerprint density at radius 3 is 2.69 bits per heavy atom. The van der Waals surface area contributed by atoms with Gasteiger partial charge in [-0.3, -0.25) is 4.79 Å². The highest BCUT2D eigenvalue weighted by Gasteiger charge is 2.08. The van der Waals surface area contributed by atoms with E-state index < -0.39 is 0 Å². The fourth-order valence-electron chi connectivity index (χ4n) is 2.37. The smallest absolute Gasteiger partial charge is 0.229 e. The number of aromatic nitrogens is 1. The Morgan fingerprint density at radius 1 is 1.15 bits per heavy atom. The van der Waals surface area contributed by atoms with Crippen LogP contribution in [0.1, 0.15) is 4.88 Å². The van der Waals surface area contributed by atoms with Crippen LogP contribution in [0.3, 0.4) is 0 Å². The molecule has 134 valence electrons. The molecule has 0 saturated heterocycles. The fourth-order valence-corrected chi connectivity index (χ4v) is 3.07. The third-order valence-electron chi connectivity index (χ3n) is 3.63. The standard InChI is InChI=1S/C19H19N3O3S/c1-24-14-6-7-17(25-2)16(10-14)22-18-8-5-13(12-20-18)21-19(23)11-15-4-3-9-26-15/h3-10,12H,11H2,1-2H3,(H,20,22)(H,21,23). The largest absolute Gasteiger partial charge is 0.497 e. The number of methoxy groups -OCH3 is 2. The number of thiophene rings is 1. The monoisotopic (exact) mass is 369 g/mol. The van der Waals surface area contributed by atoms with Crippen LogP contribution in [0.4, 0.5) is 17.2 Å². The Labute approximate surface area is 155 Å². The van der Waals surface area contributed by atoms with Gasteiger partial charge >= 0.3 is 0 Å². The van der Waals surface area contributed by atoms with Crippen LogP contribution in [0.25, 0.3) is 0 Å². The van der Waals surface area contributed by atoms with E-state index >= 15 is 0 Å². The maximum atomic E-state index is 12.0. The molecule has 0 aliphatic heterocycles. The average Bonchev–Trinajstić information content (AvgIpc) is 3.16. The number of rotatable bonds is 7. The molecule has 3 aromatic rings. The summed E-state index contributed by atoms with van der Waals surface area (Å²) in [6, 6.07) is 12.9. The van der Waals surface area contributed by atoms with Crippen LogP contribution in [0.5, 0.6) is 11.5 Å². The van der Waals surface area contributed by atoms with Crippen molar-refractivity contribution in [1.82, 2.24) is 4.98 Å². The summed E-state index contributed by atoms with van der Waals surface area (Å²) in [6.45, 7) is 0. The van der Waals surface area contributed by atoms with Gasteiger partial charge in [-0.25, -0.2) is 4.98 Å². The SMILES string of the molecule is COc1ccc(OC)c(Nc2ccc(NC(=O)Cc3cccs3)cn2)c1. The van der Waals surface area contributed by atoms with E-state index in [0.717, 1.165) is 10.6 Å². The van der Waals surface area contributed by atoms with Crippen molar-refractivity contribution in [2.24, 2.45) is 0 Å². The Bertz CT molecular complexity index is 864. The number of pyridine rings is 1. The number of benzene rings is 1. The van der Waals surface area contributed by atoms with E-state index in [1.54, 1.807) is 43.9 Å². The zero-order valence-corrected chi connectivity index (χ0v) is 15.3. The first-order valence-electron chi connectivity index (χ1n) is 7.95. The molecular weight excluding hydrogens is 350 g/mol. The number of hydrogen-bond donors (Lipinski definition) is 2. The molecule has 0 bridgehead atoms. The van der Waals surface area contributed by atoms with Crippen LogP contribution in [0.2, 0.25) is 0 Å². The van der Waals surface area contributed by atoms with Crippen molar-refractivity contribution in [3.63, 3.8) is 0 Å². The number of hydrogen-bond acceptors (Lipinski definition) is 6. The molecule has 0 atom stereocenters. The second kappa shape index (κ2) is 8.35. The first kappa shape index (κ1) is 17.8. The number of nitrogens with one attached hydrogen (secondary N) is 2. The third-order valence-corrected chi connectivity index (χ3v) is 4.51. The molecule has 0 unspecified atom stereocenters. The van der Waals surface area contributed by atoms with Gasteiger partial charge < -0.3 is 20.1 Å². The first-order chi connectivity index (χ1) is 12.7. The fraction of sp³-hybridized carbons (Fsp3) is 0.158. The molecule has 0 saturated carbocycles. The van der Waals surface area contributed by atoms with Gasteiger partial charge in [0.1, 0.15) is 17.3 Å². The summed E-state index contributed by atoms with van der Waals surface area (Å²) < 4.78 is 10.6. The zero-order valence-electron chi connectivity index (χ0n) is 14.5. The van der Waals surface area contributed by atoms with Gasteiger partial charge in [-0.1, -0.05) is 6.07 Å². The van der Waals surface area contributed by atoms with Gasteiger partial charge in [0.2, 0.25) is 5.91 Å². The lowest BCUT2D eigenvalue weighted by Crippen LogP contribution is -2.13. The van der Waals surface area contributed by atoms with Gasteiger partial charge in [0.15, 0.2) is 0 Å². The molecule has 0 aliphatic rings. The lowest BCUT2D eigenvalue weighted by molar-refractivity contribution is -0.115. The lowest BCUT2D eigenvalue weighted by Gasteiger charge is -2.12. The quantitative estimate of drug-likeness (QED) is 0.656. The Hall–Kier alpha value is -3.06. The number of nitrogens with zero attached hydrogens (tertiary/aromatic N) is 1. The van der Waals surface area contributed by atoms with Crippen LogP contribution in [0.15, 0.2) is 54.0 Å². The molecule has 1 amide bonds. The van der Waals surface area contributed by atoms with E-state index in [4.69, 9.17) is 9.47 Å². The molecule has 3 rings (SSSR count). The van der Waals surface area contributed by atoms with E-state index in [0.29, 0.717) is 29.4 Å². The van der Waals surface area contributed by atoms with Gasteiger partial charge in [0, 0.05) is 10.9 Å². The van der Waals surface area contributed by atoms with Crippen molar-refractivity contribution >= 4 is 34.4 Å². The molecule has 2 heterocycles. The highest BCUT2D eigenvalue weighted by atomic mass is 32.1. The van der Waals surface area contributed by atoms with Crippen LogP contribution < -0.4 is 20.1 Å². The molecule has 0 aliphatic carbocycles. The summed E-state index contributed by atoms with van der Waals surface area (Å²) >= 11 is 1.56. The molecule has 1 aromatic carbocycles. The number of amides is 1. The molecule has 7 heteroatoms. The van der Waals surface area contributed by atoms with Crippen molar-refractivity contribution in [3.8, 4) is 11.5 Å². The summed E-state index contributed by atoms with van der Waals surface area (Å²) in [6.07, 6.45) is 1.97. The van der Waals surface area contributed by atoms with Crippen LogP contribution in [0, 0.1) is 0 Å². The Morgan fingerprint density at radius 2 is 2.04 bits per heavy atom. The second-order valence-electron chi connectivity index (χ2n) is 5.43. The van der Waals surface area contributed by atoms with E-state index in [9.17, 15) is 4.79 Å². The summed E-state index contributed by atoms with van der Waals surface area (Å²) in [5.41, 5.74) is 1.39. The maximum absolute atomic E-state index is 12.0. The van der Waals surface area contributed by atoms with Crippen LogP contribution >= 0.6 is 11.3 Å². The van der Waals surface area contributed by atoms with E-state index in [2.05, 4.69) is 15.6 Å². The summed E-state index contributed by atoms with van der Waals surface area (Å²) in [4.78, 5) is 17.4. The summed E-state index contributed by atoms with van der Waals surface area (Å²) in [5.74, 6) is 1.96. The summed E-state index contributed by atoms with van der Waals surface area (Å²) in [5, 5.41) is 7.99. The molecule has 2 aromatic heterocycles. The number of carbonyl (C=O) groups is 1. The van der Waals surface area contributed by atoms with Crippen molar-refractivity contribution in [3.05, 3.63) is 58.9 Å². The normalized spacial score (nSPS) is 10.2.